The third-order valence-corrected chi connectivity index (χ3v) is 3.85. The van der Waals surface area contributed by atoms with Crippen LogP contribution >= 0.6 is 11.8 Å². The van der Waals surface area contributed by atoms with Crippen LogP contribution in [0.5, 0.6) is 0 Å². The monoisotopic (exact) mass is 205 g/mol. The second-order valence-corrected chi connectivity index (χ2v) is 5.98. The van der Waals surface area contributed by atoms with Gasteiger partial charge in [-0.25, -0.2) is 0 Å². The van der Waals surface area contributed by atoms with Gasteiger partial charge in [-0.15, -0.1) is 0 Å². The van der Waals surface area contributed by atoms with Gasteiger partial charge >= 0.3 is 0 Å². The van der Waals surface area contributed by atoms with E-state index < -0.39 is 5.60 Å². The molecule has 0 heterocycles. The SMILES string of the molecule is CC(C)C(C)(O)CSCC(C)(C)N. The van der Waals surface area contributed by atoms with E-state index in [4.69, 9.17) is 5.73 Å². The fourth-order valence-corrected chi connectivity index (χ4v) is 2.06. The van der Waals surface area contributed by atoms with Gasteiger partial charge in [-0.05, 0) is 26.7 Å². The Morgan fingerprint density at radius 1 is 1.23 bits per heavy atom. The van der Waals surface area contributed by atoms with Crippen molar-refractivity contribution in [2.45, 2.75) is 45.8 Å². The van der Waals surface area contributed by atoms with E-state index in [1.165, 1.54) is 0 Å². The number of hydrogen-bond donors (Lipinski definition) is 2. The van der Waals surface area contributed by atoms with Crippen molar-refractivity contribution in [3.05, 3.63) is 0 Å². The van der Waals surface area contributed by atoms with Crippen LogP contribution in [0.4, 0.5) is 0 Å². The molecule has 0 amide bonds. The topological polar surface area (TPSA) is 46.2 Å². The average Bonchev–Trinajstić information content (AvgIpc) is 1.82. The van der Waals surface area contributed by atoms with E-state index in [2.05, 4.69) is 0 Å². The molecule has 0 aromatic carbocycles. The first kappa shape index (κ1) is 13.3. The molecule has 0 aromatic heterocycles. The van der Waals surface area contributed by atoms with Gasteiger partial charge in [-0.3, -0.25) is 0 Å². The van der Waals surface area contributed by atoms with Crippen LogP contribution in [-0.2, 0) is 0 Å². The molecule has 1 unspecified atom stereocenters. The lowest BCUT2D eigenvalue weighted by Crippen LogP contribution is -2.38. The first-order valence-corrected chi connectivity index (χ1v) is 5.89. The van der Waals surface area contributed by atoms with Crippen molar-refractivity contribution in [3.8, 4) is 0 Å². The van der Waals surface area contributed by atoms with Crippen LogP contribution in [-0.4, -0.2) is 27.8 Å². The van der Waals surface area contributed by atoms with E-state index in [9.17, 15) is 5.11 Å². The molecular weight excluding hydrogens is 182 g/mol. The fourth-order valence-electron chi connectivity index (χ4n) is 0.687. The van der Waals surface area contributed by atoms with Crippen molar-refractivity contribution in [2.75, 3.05) is 11.5 Å². The summed E-state index contributed by atoms with van der Waals surface area (Å²) in [5.74, 6) is 1.93. The van der Waals surface area contributed by atoms with Gasteiger partial charge in [-0.1, -0.05) is 13.8 Å². The summed E-state index contributed by atoms with van der Waals surface area (Å²) < 4.78 is 0. The molecule has 0 aliphatic heterocycles. The van der Waals surface area contributed by atoms with Gasteiger partial charge in [0, 0.05) is 17.0 Å². The summed E-state index contributed by atoms with van der Waals surface area (Å²) in [5, 5.41) is 9.93. The van der Waals surface area contributed by atoms with Crippen LogP contribution in [0.3, 0.4) is 0 Å². The first-order chi connectivity index (χ1) is 5.65. The van der Waals surface area contributed by atoms with Crippen molar-refractivity contribution in [3.63, 3.8) is 0 Å². The summed E-state index contributed by atoms with van der Waals surface area (Å²) in [4.78, 5) is 0. The molecule has 0 aliphatic rings. The molecule has 0 saturated carbocycles. The van der Waals surface area contributed by atoms with Crippen LogP contribution < -0.4 is 5.73 Å². The van der Waals surface area contributed by atoms with Crippen LogP contribution in [0.2, 0.25) is 0 Å². The van der Waals surface area contributed by atoms with Crippen molar-refractivity contribution in [1.82, 2.24) is 0 Å². The predicted molar refractivity (Wildman–Crippen MR) is 61.1 cm³/mol. The zero-order valence-electron chi connectivity index (χ0n) is 9.42. The van der Waals surface area contributed by atoms with Crippen LogP contribution in [0.1, 0.15) is 34.6 Å². The normalized spacial score (nSPS) is 17.5. The fraction of sp³-hybridized carbons (Fsp3) is 1.00. The van der Waals surface area contributed by atoms with Gasteiger partial charge in [0.25, 0.3) is 0 Å². The second-order valence-electron chi connectivity index (χ2n) is 4.99. The van der Waals surface area contributed by atoms with Crippen LogP contribution in [0.15, 0.2) is 0 Å². The Bertz CT molecular complexity index is 149. The first-order valence-electron chi connectivity index (χ1n) is 4.74. The van der Waals surface area contributed by atoms with E-state index in [1.54, 1.807) is 11.8 Å². The van der Waals surface area contributed by atoms with Crippen LogP contribution in [0.25, 0.3) is 0 Å². The molecule has 0 rings (SSSR count). The summed E-state index contributed by atoms with van der Waals surface area (Å²) >= 11 is 1.72. The molecule has 0 aromatic rings. The van der Waals surface area contributed by atoms with Gasteiger partial charge in [0.2, 0.25) is 0 Å². The van der Waals surface area contributed by atoms with E-state index in [1.807, 2.05) is 34.6 Å². The number of aliphatic hydroxyl groups is 1. The number of rotatable bonds is 5. The van der Waals surface area contributed by atoms with Gasteiger partial charge in [0.1, 0.15) is 0 Å². The summed E-state index contributed by atoms with van der Waals surface area (Å²) in [5.41, 5.74) is 5.12. The highest BCUT2D eigenvalue weighted by molar-refractivity contribution is 7.99. The molecule has 0 spiro atoms. The Morgan fingerprint density at radius 3 is 2.00 bits per heavy atom. The molecule has 0 radical (unpaired) electrons. The van der Waals surface area contributed by atoms with Gasteiger partial charge in [0.05, 0.1) is 5.60 Å². The Morgan fingerprint density at radius 2 is 1.69 bits per heavy atom. The minimum absolute atomic E-state index is 0.141. The number of hydrogen-bond acceptors (Lipinski definition) is 3. The van der Waals surface area contributed by atoms with E-state index in [0.29, 0.717) is 5.92 Å². The molecule has 0 bridgehead atoms. The molecule has 0 aliphatic carbocycles. The third-order valence-electron chi connectivity index (χ3n) is 2.11. The Balaban J connectivity index is 3.77. The maximum Gasteiger partial charge on any atom is 0.0732 e. The molecule has 80 valence electrons. The lowest BCUT2D eigenvalue weighted by Gasteiger charge is -2.28. The standard InChI is InChI=1S/C10H23NOS/c1-8(2)10(5,12)7-13-6-9(3,4)11/h8,12H,6-7,11H2,1-5H3. The zero-order valence-corrected chi connectivity index (χ0v) is 10.2. The number of thioether (sulfide) groups is 1. The third kappa shape index (κ3) is 6.36. The maximum absolute atomic E-state index is 9.93. The Labute approximate surface area is 86.3 Å². The average molecular weight is 205 g/mol. The lowest BCUT2D eigenvalue weighted by molar-refractivity contribution is 0.0376. The minimum atomic E-state index is -0.573. The molecule has 0 fully saturated rings. The smallest absolute Gasteiger partial charge is 0.0732 e. The molecule has 1 atom stereocenters. The zero-order chi connectivity index (χ0) is 10.7. The van der Waals surface area contributed by atoms with Gasteiger partial charge < -0.3 is 10.8 Å². The lowest BCUT2D eigenvalue weighted by atomic mass is 9.95. The van der Waals surface area contributed by atoms with Gasteiger partial charge in [0.15, 0.2) is 0 Å². The molecule has 2 nitrogen and oxygen atoms in total. The van der Waals surface area contributed by atoms with Crippen molar-refractivity contribution in [2.24, 2.45) is 11.7 Å². The van der Waals surface area contributed by atoms with Gasteiger partial charge in [-0.2, -0.15) is 11.8 Å². The second kappa shape index (κ2) is 4.67. The highest BCUT2D eigenvalue weighted by Crippen LogP contribution is 2.23. The summed E-state index contributed by atoms with van der Waals surface area (Å²) in [7, 11) is 0. The molecule has 13 heavy (non-hydrogen) atoms. The highest BCUT2D eigenvalue weighted by atomic mass is 32.2. The quantitative estimate of drug-likeness (QED) is 0.720. The summed E-state index contributed by atoms with van der Waals surface area (Å²) in [6.07, 6.45) is 0. The van der Waals surface area contributed by atoms with Crippen molar-refractivity contribution >= 4 is 11.8 Å². The van der Waals surface area contributed by atoms with Crippen LogP contribution in [0, 0.1) is 5.92 Å². The van der Waals surface area contributed by atoms with Crippen molar-refractivity contribution < 1.29 is 5.11 Å². The maximum atomic E-state index is 9.93. The van der Waals surface area contributed by atoms with E-state index in [-0.39, 0.29) is 5.54 Å². The molecule has 3 N–H and O–H groups in total. The largest absolute Gasteiger partial charge is 0.389 e. The molecule has 0 saturated heterocycles. The molecule has 3 heteroatoms. The summed E-state index contributed by atoms with van der Waals surface area (Å²) in [6, 6.07) is 0. The van der Waals surface area contributed by atoms with E-state index >= 15 is 0 Å². The van der Waals surface area contributed by atoms with E-state index in [0.717, 1.165) is 11.5 Å². The summed E-state index contributed by atoms with van der Waals surface area (Å²) in [6.45, 7) is 9.96. The number of nitrogens with two attached hydrogens (primary N) is 1. The van der Waals surface area contributed by atoms with Crippen molar-refractivity contribution in [1.29, 1.82) is 0 Å². The minimum Gasteiger partial charge on any atom is -0.389 e. The predicted octanol–water partition coefficient (Wildman–Crippen LogP) is 1.86. The Hall–Kier alpha value is 0.270. The highest BCUT2D eigenvalue weighted by Gasteiger charge is 2.25. The molecular formula is C10H23NOS. The Kier molecular flexibility index (Phi) is 4.77.